The van der Waals surface area contributed by atoms with Crippen molar-refractivity contribution in [1.29, 1.82) is 0 Å². The van der Waals surface area contributed by atoms with Crippen molar-refractivity contribution >= 4 is 17.5 Å². The van der Waals surface area contributed by atoms with Gasteiger partial charge in [-0.05, 0) is 61.6 Å². The second kappa shape index (κ2) is 9.91. The van der Waals surface area contributed by atoms with Crippen molar-refractivity contribution in [2.24, 2.45) is 5.92 Å². The Labute approximate surface area is 201 Å². The Morgan fingerprint density at radius 2 is 1.89 bits per heavy atom. The molecule has 4 atom stereocenters. The summed E-state index contributed by atoms with van der Waals surface area (Å²) in [7, 11) is 0. The summed E-state index contributed by atoms with van der Waals surface area (Å²) in [5, 5.41) is 15.5. The maximum absolute atomic E-state index is 13.8. The van der Waals surface area contributed by atoms with Gasteiger partial charge in [-0.15, -0.1) is 0 Å². The molecule has 0 spiro atoms. The lowest BCUT2D eigenvalue weighted by molar-refractivity contribution is -0.142. The number of fused-ring (bicyclic) bond motifs is 3. The summed E-state index contributed by atoms with van der Waals surface area (Å²) >= 11 is 0. The largest absolute Gasteiger partial charge is 0.487 e. The SMILES string of the molecule is O=C(C[C@@H]1C[C@H]2c3cc(NC(=O)CC4CC4)ccc3O[C@H]2[C@@H](CO)O1)NCc1cc(F)ccc1F. The molecule has 0 aromatic heterocycles. The van der Waals surface area contributed by atoms with E-state index in [9.17, 15) is 23.5 Å². The molecule has 186 valence electrons. The number of carbonyl (C=O) groups excluding carboxylic acids is 2. The van der Waals surface area contributed by atoms with Crippen LogP contribution in [-0.2, 0) is 20.9 Å². The summed E-state index contributed by atoms with van der Waals surface area (Å²) < 4.78 is 39.2. The minimum absolute atomic E-state index is 0.00377. The first-order chi connectivity index (χ1) is 16.9. The predicted octanol–water partition coefficient (Wildman–Crippen LogP) is 3.40. The molecular weight excluding hydrogens is 458 g/mol. The van der Waals surface area contributed by atoms with Gasteiger partial charge in [0.25, 0.3) is 0 Å². The van der Waals surface area contributed by atoms with E-state index in [0.717, 1.165) is 36.6 Å². The number of rotatable bonds is 8. The van der Waals surface area contributed by atoms with Crippen LogP contribution >= 0.6 is 0 Å². The van der Waals surface area contributed by atoms with Gasteiger partial charge in [0.05, 0.1) is 19.1 Å². The number of nitrogens with one attached hydrogen (secondary N) is 2. The molecule has 3 N–H and O–H groups in total. The predicted molar refractivity (Wildman–Crippen MR) is 123 cm³/mol. The summed E-state index contributed by atoms with van der Waals surface area (Å²) in [5.74, 6) is -0.498. The van der Waals surface area contributed by atoms with Crippen molar-refractivity contribution in [3.8, 4) is 5.75 Å². The van der Waals surface area contributed by atoms with E-state index in [2.05, 4.69) is 10.6 Å². The molecule has 2 aliphatic heterocycles. The number of halogens is 2. The fourth-order valence-electron chi connectivity index (χ4n) is 4.91. The molecule has 2 heterocycles. The highest BCUT2D eigenvalue weighted by molar-refractivity contribution is 5.91. The monoisotopic (exact) mass is 486 g/mol. The molecular formula is C26H28F2N2O5. The van der Waals surface area contributed by atoms with Crippen LogP contribution < -0.4 is 15.4 Å². The fourth-order valence-corrected chi connectivity index (χ4v) is 4.91. The Kier molecular flexibility index (Phi) is 6.71. The zero-order chi connectivity index (χ0) is 24.5. The molecule has 3 aliphatic rings. The maximum atomic E-state index is 13.8. The first-order valence-electron chi connectivity index (χ1n) is 12.0. The molecule has 7 nitrogen and oxygen atoms in total. The molecule has 35 heavy (non-hydrogen) atoms. The van der Waals surface area contributed by atoms with E-state index in [0.29, 0.717) is 30.2 Å². The van der Waals surface area contributed by atoms with Crippen LogP contribution in [0.3, 0.4) is 0 Å². The maximum Gasteiger partial charge on any atom is 0.224 e. The Morgan fingerprint density at radius 1 is 1.06 bits per heavy atom. The van der Waals surface area contributed by atoms with E-state index < -0.39 is 29.9 Å². The second-order valence-electron chi connectivity index (χ2n) is 9.57. The molecule has 2 fully saturated rings. The molecule has 1 saturated carbocycles. The Bertz CT molecular complexity index is 1120. The lowest BCUT2D eigenvalue weighted by atomic mass is 9.84. The van der Waals surface area contributed by atoms with Crippen LogP contribution in [0, 0.1) is 17.6 Å². The van der Waals surface area contributed by atoms with Crippen molar-refractivity contribution in [1.82, 2.24) is 5.32 Å². The molecule has 0 radical (unpaired) electrons. The van der Waals surface area contributed by atoms with Gasteiger partial charge in [0, 0.05) is 35.7 Å². The van der Waals surface area contributed by atoms with Gasteiger partial charge in [0.1, 0.15) is 29.6 Å². The van der Waals surface area contributed by atoms with Gasteiger partial charge < -0.3 is 25.2 Å². The summed E-state index contributed by atoms with van der Waals surface area (Å²) in [6, 6.07) is 8.60. The number of hydrogen-bond acceptors (Lipinski definition) is 5. The minimum atomic E-state index is -0.618. The van der Waals surface area contributed by atoms with Crippen LogP contribution in [0.2, 0.25) is 0 Å². The van der Waals surface area contributed by atoms with Gasteiger partial charge in [-0.3, -0.25) is 9.59 Å². The molecule has 5 rings (SSSR count). The van der Waals surface area contributed by atoms with Crippen molar-refractivity contribution in [2.45, 2.75) is 62.9 Å². The smallest absolute Gasteiger partial charge is 0.224 e. The molecule has 2 aromatic rings. The van der Waals surface area contributed by atoms with Gasteiger partial charge >= 0.3 is 0 Å². The average molecular weight is 487 g/mol. The van der Waals surface area contributed by atoms with Crippen LogP contribution in [0.15, 0.2) is 36.4 Å². The Morgan fingerprint density at radius 3 is 2.66 bits per heavy atom. The number of amides is 2. The lowest BCUT2D eigenvalue weighted by Gasteiger charge is -2.37. The standard InChI is InChI=1S/C26H28F2N2O5/c27-16-3-5-21(28)15(8-16)12-29-24(32)11-18-10-20-19-9-17(30-25(33)7-14-1-2-14)4-6-22(19)35-26(20)23(13-31)34-18/h3-6,8-9,14,18,20,23,26,31H,1-2,7,10-13H2,(H,29,32)(H,30,33)/t18-,20-,23+,26+/m0/s1. The van der Waals surface area contributed by atoms with Crippen LogP contribution in [0.5, 0.6) is 5.75 Å². The van der Waals surface area contributed by atoms with E-state index in [1.807, 2.05) is 12.1 Å². The Hall–Kier alpha value is -3.04. The zero-order valence-electron chi connectivity index (χ0n) is 19.1. The van der Waals surface area contributed by atoms with E-state index in [1.54, 1.807) is 6.07 Å². The highest BCUT2D eigenvalue weighted by atomic mass is 19.1. The number of aliphatic hydroxyl groups excluding tert-OH is 1. The van der Waals surface area contributed by atoms with Gasteiger partial charge in [-0.25, -0.2) is 8.78 Å². The minimum Gasteiger partial charge on any atom is -0.487 e. The van der Waals surface area contributed by atoms with Crippen molar-refractivity contribution in [3.63, 3.8) is 0 Å². The third-order valence-electron chi connectivity index (χ3n) is 6.85. The van der Waals surface area contributed by atoms with Crippen LogP contribution in [-0.4, -0.2) is 41.8 Å². The zero-order valence-corrected chi connectivity index (χ0v) is 19.1. The van der Waals surface area contributed by atoms with Gasteiger partial charge in [0.2, 0.25) is 11.8 Å². The van der Waals surface area contributed by atoms with Crippen LogP contribution in [0.1, 0.15) is 49.1 Å². The van der Waals surface area contributed by atoms with Gasteiger partial charge in [0.15, 0.2) is 0 Å². The second-order valence-corrected chi connectivity index (χ2v) is 9.57. The van der Waals surface area contributed by atoms with Crippen LogP contribution in [0.25, 0.3) is 0 Å². The quantitative estimate of drug-likeness (QED) is 0.532. The van der Waals surface area contributed by atoms with E-state index in [-0.39, 0.29) is 42.9 Å². The van der Waals surface area contributed by atoms with Gasteiger partial charge in [-0.1, -0.05) is 0 Å². The molecule has 1 aliphatic carbocycles. The molecule has 0 bridgehead atoms. The highest BCUT2D eigenvalue weighted by Crippen LogP contribution is 2.47. The van der Waals surface area contributed by atoms with Crippen molar-refractivity contribution in [2.75, 3.05) is 11.9 Å². The number of anilines is 1. The number of benzene rings is 2. The van der Waals surface area contributed by atoms with Crippen molar-refractivity contribution < 1.29 is 33.0 Å². The van der Waals surface area contributed by atoms with Crippen molar-refractivity contribution in [3.05, 3.63) is 59.2 Å². The number of hydrogen-bond donors (Lipinski definition) is 3. The van der Waals surface area contributed by atoms with E-state index >= 15 is 0 Å². The molecule has 2 amide bonds. The molecule has 9 heteroatoms. The summed E-state index contributed by atoms with van der Waals surface area (Å²) in [4.78, 5) is 24.8. The molecule has 0 unspecified atom stereocenters. The van der Waals surface area contributed by atoms with Crippen LogP contribution in [0.4, 0.5) is 14.5 Å². The first kappa shape index (κ1) is 23.7. The number of carbonyl (C=O) groups is 2. The Balaban J connectivity index is 1.23. The normalized spacial score (nSPS) is 24.8. The topological polar surface area (TPSA) is 96.9 Å². The number of ether oxygens (including phenoxy) is 2. The average Bonchev–Trinajstić information content (AvgIpc) is 3.57. The number of aliphatic hydroxyl groups is 1. The third-order valence-corrected chi connectivity index (χ3v) is 6.85. The van der Waals surface area contributed by atoms with E-state index in [1.165, 1.54) is 0 Å². The van der Waals surface area contributed by atoms with E-state index in [4.69, 9.17) is 9.47 Å². The summed E-state index contributed by atoms with van der Waals surface area (Å²) in [5.41, 5.74) is 1.66. The lowest BCUT2D eigenvalue weighted by Crippen LogP contribution is -2.47. The third kappa shape index (κ3) is 5.46. The van der Waals surface area contributed by atoms with Gasteiger partial charge in [-0.2, -0.15) is 0 Å². The summed E-state index contributed by atoms with van der Waals surface area (Å²) in [6.07, 6.45) is 1.71. The highest BCUT2D eigenvalue weighted by Gasteiger charge is 2.46. The fraction of sp³-hybridized carbons (Fsp3) is 0.462. The first-order valence-corrected chi connectivity index (χ1v) is 12.0. The molecule has 1 saturated heterocycles. The molecule has 2 aromatic carbocycles. The summed E-state index contributed by atoms with van der Waals surface area (Å²) in [6.45, 7) is -0.409.